The van der Waals surface area contributed by atoms with Gasteiger partial charge in [-0.05, 0) is 19.3 Å². The predicted octanol–water partition coefficient (Wildman–Crippen LogP) is 2.61. The minimum absolute atomic E-state index is 0.281. The van der Waals surface area contributed by atoms with Crippen LogP contribution in [0.25, 0.3) is 0 Å². The zero-order valence-electron chi connectivity index (χ0n) is 11.0. The molecule has 96 valence electrons. The van der Waals surface area contributed by atoms with Gasteiger partial charge in [0.2, 0.25) is 5.91 Å². The molecule has 0 aliphatic carbocycles. The average molecular weight is 229 g/mol. The maximum atomic E-state index is 11.4. The van der Waals surface area contributed by atoms with E-state index in [0.29, 0.717) is 12.8 Å². The van der Waals surface area contributed by atoms with Crippen LogP contribution >= 0.6 is 0 Å². The summed E-state index contributed by atoms with van der Waals surface area (Å²) in [6.45, 7) is 5.96. The number of rotatable bonds is 9. The van der Waals surface area contributed by atoms with Gasteiger partial charge in [-0.2, -0.15) is 0 Å². The van der Waals surface area contributed by atoms with Crippen LogP contribution in [0, 0.1) is 5.41 Å². The van der Waals surface area contributed by atoms with Crippen LogP contribution in [0.5, 0.6) is 0 Å². The highest BCUT2D eigenvalue weighted by atomic mass is 16.3. The maximum Gasteiger partial charge on any atom is 0.223 e. The van der Waals surface area contributed by atoms with Crippen molar-refractivity contribution in [3.05, 3.63) is 0 Å². The predicted molar refractivity (Wildman–Crippen MR) is 67.0 cm³/mol. The summed E-state index contributed by atoms with van der Waals surface area (Å²) in [5.41, 5.74) is 4.90. The van der Waals surface area contributed by atoms with Crippen molar-refractivity contribution in [1.82, 2.24) is 0 Å². The standard InChI is InChI=1S/C13H27NO2/c1-4-6-7-8-9-13(3,12(14)16)10-11(15)5-2/h11,15H,4-10H2,1-3H3,(H2,14,16). The third kappa shape index (κ3) is 5.50. The van der Waals surface area contributed by atoms with Crippen LogP contribution < -0.4 is 5.73 Å². The first kappa shape index (κ1) is 15.4. The molecule has 0 aromatic rings. The van der Waals surface area contributed by atoms with E-state index in [0.717, 1.165) is 19.3 Å². The first-order chi connectivity index (χ1) is 7.46. The Morgan fingerprint density at radius 1 is 1.31 bits per heavy atom. The van der Waals surface area contributed by atoms with Crippen LogP contribution in [0.15, 0.2) is 0 Å². The van der Waals surface area contributed by atoms with Crippen LogP contribution in [0.2, 0.25) is 0 Å². The lowest BCUT2D eigenvalue weighted by molar-refractivity contribution is -0.129. The Morgan fingerprint density at radius 3 is 2.38 bits per heavy atom. The van der Waals surface area contributed by atoms with Gasteiger partial charge in [0.15, 0.2) is 0 Å². The molecule has 3 nitrogen and oxygen atoms in total. The minimum Gasteiger partial charge on any atom is -0.393 e. The lowest BCUT2D eigenvalue weighted by atomic mass is 9.78. The molecule has 0 saturated carbocycles. The Kier molecular flexibility index (Phi) is 7.39. The highest BCUT2D eigenvalue weighted by Gasteiger charge is 2.32. The van der Waals surface area contributed by atoms with Crippen LogP contribution in [0.1, 0.15) is 65.7 Å². The normalized spacial score (nSPS) is 16.8. The quantitative estimate of drug-likeness (QED) is 0.597. The monoisotopic (exact) mass is 229 g/mol. The molecule has 0 spiro atoms. The molecule has 0 aliphatic heterocycles. The summed E-state index contributed by atoms with van der Waals surface area (Å²) < 4.78 is 0. The summed E-state index contributed by atoms with van der Waals surface area (Å²) in [7, 11) is 0. The topological polar surface area (TPSA) is 63.3 Å². The van der Waals surface area contributed by atoms with Crippen LogP contribution in [0.3, 0.4) is 0 Å². The number of carbonyl (C=O) groups is 1. The second kappa shape index (κ2) is 7.66. The molecule has 16 heavy (non-hydrogen) atoms. The number of nitrogens with two attached hydrogens (primary N) is 1. The van der Waals surface area contributed by atoms with Crippen molar-refractivity contribution in [2.75, 3.05) is 0 Å². The Balaban J connectivity index is 4.17. The number of amides is 1. The molecule has 0 aromatic carbocycles. The maximum absolute atomic E-state index is 11.4. The van der Waals surface area contributed by atoms with E-state index in [9.17, 15) is 9.90 Å². The number of unbranched alkanes of at least 4 members (excludes halogenated alkanes) is 3. The van der Waals surface area contributed by atoms with Gasteiger partial charge in [-0.3, -0.25) is 4.79 Å². The Hall–Kier alpha value is -0.570. The lowest BCUT2D eigenvalue weighted by Crippen LogP contribution is -2.37. The molecule has 3 heteroatoms. The summed E-state index contributed by atoms with van der Waals surface area (Å²) in [4.78, 5) is 11.4. The fourth-order valence-corrected chi connectivity index (χ4v) is 1.93. The molecule has 0 fully saturated rings. The second-order valence-electron chi connectivity index (χ2n) is 5.00. The second-order valence-corrected chi connectivity index (χ2v) is 5.00. The molecule has 0 saturated heterocycles. The Labute approximate surface area is 99.4 Å². The van der Waals surface area contributed by atoms with Crippen molar-refractivity contribution < 1.29 is 9.90 Å². The van der Waals surface area contributed by atoms with E-state index < -0.39 is 11.5 Å². The number of primary amides is 1. The minimum atomic E-state index is -0.539. The molecule has 0 bridgehead atoms. The number of hydrogen-bond donors (Lipinski definition) is 2. The van der Waals surface area contributed by atoms with Crippen molar-refractivity contribution in [1.29, 1.82) is 0 Å². The van der Waals surface area contributed by atoms with Crippen molar-refractivity contribution >= 4 is 5.91 Å². The summed E-state index contributed by atoms with van der Waals surface area (Å²) in [6.07, 6.45) is 6.09. The Morgan fingerprint density at radius 2 is 1.94 bits per heavy atom. The first-order valence-electron chi connectivity index (χ1n) is 6.44. The van der Waals surface area contributed by atoms with Gasteiger partial charge < -0.3 is 10.8 Å². The van der Waals surface area contributed by atoms with Crippen LogP contribution in [-0.2, 0) is 4.79 Å². The molecule has 0 aliphatic rings. The van der Waals surface area contributed by atoms with E-state index in [1.807, 2.05) is 13.8 Å². The van der Waals surface area contributed by atoms with Crippen molar-refractivity contribution in [2.45, 2.75) is 71.8 Å². The van der Waals surface area contributed by atoms with Crippen molar-refractivity contribution in [3.8, 4) is 0 Å². The van der Waals surface area contributed by atoms with Gasteiger partial charge in [-0.15, -0.1) is 0 Å². The number of hydrogen-bond acceptors (Lipinski definition) is 2. The van der Waals surface area contributed by atoms with E-state index in [4.69, 9.17) is 5.73 Å². The molecule has 0 radical (unpaired) electrons. The van der Waals surface area contributed by atoms with Gasteiger partial charge in [0, 0.05) is 5.41 Å². The molecule has 1 amide bonds. The summed E-state index contributed by atoms with van der Waals surface area (Å²) >= 11 is 0. The van der Waals surface area contributed by atoms with Gasteiger partial charge in [0.1, 0.15) is 0 Å². The van der Waals surface area contributed by atoms with Gasteiger partial charge >= 0.3 is 0 Å². The fourth-order valence-electron chi connectivity index (χ4n) is 1.93. The number of aliphatic hydroxyl groups excluding tert-OH is 1. The van der Waals surface area contributed by atoms with Gasteiger partial charge in [-0.1, -0.05) is 46.5 Å². The molecule has 2 unspecified atom stereocenters. The lowest BCUT2D eigenvalue weighted by Gasteiger charge is -2.28. The van der Waals surface area contributed by atoms with E-state index in [2.05, 4.69) is 6.92 Å². The fraction of sp³-hybridized carbons (Fsp3) is 0.923. The van der Waals surface area contributed by atoms with Crippen LogP contribution in [-0.4, -0.2) is 17.1 Å². The smallest absolute Gasteiger partial charge is 0.223 e. The average Bonchev–Trinajstić information content (AvgIpc) is 2.24. The molecule has 0 rings (SSSR count). The van der Waals surface area contributed by atoms with E-state index in [1.54, 1.807) is 0 Å². The largest absolute Gasteiger partial charge is 0.393 e. The zero-order chi connectivity index (χ0) is 12.6. The first-order valence-corrected chi connectivity index (χ1v) is 6.44. The third-order valence-corrected chi connectivity index (χ3v) is 3.33. The molecule has 0 heterocycles. The molecule has 0 aromatic heterocycles. The molecular formula is C13H27NO2. The molecule has 2 atom stereocenters. The number of carbonyl (C=O) groups excluding carboxylic acids is 1. The summed E-state index contributed by atoms with van der Waals surface area (Å²) in [5, 5.41) is 9.64. The van der Waals surface area contributed by atoms with Crippen molar-refractivity contribution in [2.24, 2.45) is 11.1 Å². The van der Waals surface area contributed by atoms with Gasteiger partial charge in [0.05, 0.1) is 6.10 Å². The van der Waals surface area contributed by atoms with E-state index in [-0.39, 0.29) is 5.91 Å². The highest BCUT2D eigenvalue weighted by molar-refractivity contribution is 5.80. The molecule has 3 N–H and O–H groups in total. The highest BCUT2D eigenvalue weighted by Crippen LogP contribution is 2.30. The van der Waals surface area contributed by atoms with Crippen LogP contribution in [0.4, 0.5) is 0 Å². The third-order valence-electron chi connectivity index (χ3n) is 3.33. The summed E-state index contributed by atoms with van der Waals surface area (Å²) in [5.74, 6) is -0.281. The van der Waals surface area contributed by atoms with E-state index in [1.165, 1.54) is 12.8 Å². The van der Waals surface area contributed by atoms with Gasteiger partial charge in [0.25, 0.3) is 0 Å². The molecular weight excluding hydrogens is 202 g/mol. The Bertz CT molecular complexity index is 206. The SMILES string of the molecule is CCCCCCC(C)(CC(O)CC)C(N)=O. The zero-order valence-corrected chi connectivity index (χ0v) is 11.0. The van der Waals surface area contributed by atoms with E-state index >= 15 is 0 Å². The van der Waals surface area contributed by atoms with Gasteiger partial charge in [-0.25, -0.2) is 0 Å². The van der Waals surface area contributed by atoms with Crippen molar-refractivity contribution in [3.63, 3.8) is 0 Å². The summed E-state index contributed by atoms with van der Waals surface area (Å²) in [6, 6.07) is 0. The number of aliphatic hydroxyl groups is 1.